The highest BCUT2D eigenvalue weighted by Crippen LogP contribution is 2.20. The minimum atomic E-state index is -0.315. The molecule has 0 spiro atoms. The van der Waals surface area contributed by atoms with E-state index in [1.807, 2.05) is 11.4 Å². The molecule has 0 amide bonds. The van der Waals surface area contributed by atoms with Crippen LogP contribution < -0.4 is 11.3 Å². The lowest BCUT2D eigenvalue weighted by Gasteiger charge is -2.04. The number of nitrogen functional groups attached to an aromatic ring is 1. The van der Waals surface area contributed by atoms with Gasteiger partial charge in [0.25, 0.3) is 5.56 Å². The maximum Gasteiger partial charge on any atom is 0.278 e. The van der Waals surface area contributed by atoms with Gasteiger partial charge in [0.2, 0.25) is 0 Å². The highest BCUT2D eigenvalue weighted by atomic mass is 79.9. The minimum Gasteiger partial charge on any atom is -0.392 e. The summed E-state index contributed by atoms with van der Waals surface area (Å²) in [5, 5.41) is 2.00. The maximum atomic E-state index is 11.7. The number of hydrogen-bond donors (Lipinski definition) is 1. The third-order valence-electron chi connectivity index (χ3n) is 1.97. The van der Waals surface area contributed by atoms with Gasteiger partial charge in [0.05, 0.1) is 12.9 Å². The summed E-state index contributed by atoms with van der Waals surface area (Å²) in [6.07, 6.45) is 1.40. The first kappa shape index (κ1) is 11.6. The third-order valence-corrected chi connectivity index (χ3v) is 3.96. The smallest absolute Gasteiger partial charge is 0.278 e. The highest BCUT2D eigenvalue weighted by molar-refractivity contribution is 9.10. The third kappa shape index (κ3) is 2.28. The van der Waals surface area contributed by atoms with E-state index in [9.17, 15) is 4.79 Å². The van der Waals surface area contributed by atoms with Crippen molar-refractivity contribution >= 4 is 44.6 Å². The van der Waals surface area contributed by atoms with Crippen LogP contribution in [0, 0.1) is 0 Å². The second-order valence-corrected chi connectivity index (χ2v) is 5.38. The van der Waals surface area contributed by atoms with Crippen molar-refractivity contribution in [1.82, 2.24) is 9.55 Å². The SMILES string of the molecule is Nc1c(Cl)ncn(Cc2cc(Br)cs2)c1=O. The Morgan fingerprint density at radius 3 is 3.00 bits per heavy atom. The van der Waals surface area contributed by atoms with Gasteiger partial charge >= 0.3 is 0 Å². The molecule has 0 bridgehead atoms. The molecule has 0 unspecified atom stereocenters. The first-order valence-corrected chi connectivity index (χ1v) is 6.36. The van der Waals surface area contributed by atoms with Crippen LogP contribution in [-0.2, 0) is 6.54 Å². The Morgan fingerprint density at radius 2 is 2.38 bits per heavy atom. The molecular formula is C9H7BrClN3OS. The van der Waals surface area contributed by atoms with Crippen molar-refractivity contribution in [3.8, 4) is 0 Å². The number of halogens is 2. The molecule has 16 heavy (non-hydrogen) atoms. The molecule has 0 aromatic carbocycles. The minimum absolute atomic E-state index is 0.0141. The summed E-state index contributed by atoms with van der Waals surface area (Å²) < 4.78 is 2.43. The lowest BCUT2D eigenvalue weighted by molar-refractivity contribution is 0.748. The molecule has 0 radical (unpaired) electrons. The van der Waals surface area contributed by atoms with Gasteiger partial charge in [0.1, 0.15) is 5.69 Å². The molecule has 0 saturated carbocycles. The Balaban J connectivity index is 2.36. The zero-order chi connectivity index (χ0) is 11.7. The lowest BCUT2D eigenvalue weighted by atomic mass is 10.4. The molecule has 4 nitrogen and oxygen atoms in total. The van der Waals surface area contributed by atoms with Gasteiger partial charge in [-0.25, -0.2) is 4.98 Å². The van der Waals surface area contributed by atoms with E-state index in [1.165, 1.54) is 10.9 Å². The zero-order valence-electron chi connectivity index (χ0n) is 7.98. The first-order chi connectivity index (χ1) is 7.58. The maximum absolute atomic E-state index is 11.7. The molecule has 2 aromatic heterocycles. The number of aromatic nitrogens is 2. The molecule has 2 heterocycles. The molecule has 0 aliphatic heterocycles. The van der Waals surface area contributed by atoms with E-state index < -0.39 is 0 Å². The molecule has 0 atom stereocenters. The van der Waals surface area contributed by atoms with Crippen molar-refractivity contribution < 1.29 is 0 Å². The van der Waals surface area contributed by atoms with E-state index in [-0.39, 0.29) is 16.4 Å². The Hall–Kier alpha value is -0.850. The van der Waals surface area contributed by atoms with Crippen LogP contribution in [0.15, 0.2) is 27.0 Å². The number of thiophene rings is 1. The first-order valence-electron chi connectivity index (χ1n) is 4.31. The van der Waals surface area contributed by atoms with Gasteiger partial charge < -0.3 is 5.73 Å². The van der Waals surface area contributed by atoms with E-state index in [0.717, 1.165) is 9.35 Å². The van der Waals surface area contributed by atoms with Gasteiger partial charge in [-0.05, 0) is 22.0 Å². The summed E-state index contributed by atoms with van der Waals surface area (Å²) in [6, 6.07) is 1.95. The van der Waals surface area contributed by atoms with Gasteiger partial charge in [-0.1, -0.05) is 11.6 Å². The van der Waals surface area contributed by atoms with Gasteiger partial charge in [0, 0.05) is 14.7 Å². The molecule has 0 aliphatic carbocycles. The van der Waals surface area contributed by atoms with Crippen LogP contribution in [0.3, 0.4) is 0 Å². The molecule has 2 aromatic rings. The molecular weight excluding hydrogens is 314 g/mol. The molecule has 2 N–H and O–H groups in total. The van der Waals surface area contributed by atoms with Crippen molar-refractivity contribution in [3.63, 3.8) is 0 Å². The normalized spacial score (nSPS) is 10.6. The van der Waals surface area contributed by atoms with Crippen LogP contribution in [0.4, 0.5) is 5.69 Å². The van der Waals surface area contributed by atoms with Crippen LogP contribution in [0.2, 0.25) is 5.15 Å². The molecule has 84 valence electrons. The van der Waals surface area contributed by atoms with Crippen molar-refractivity contribution in [3.05, 3.63) is 42.6 Å². The number of nitrogens with zero attached hydrogens (tertiary/aromatic N) is 2. The number of rotatable bonds is 2. The molecule has 0 saturated heterocycles. The van der Waals surface area contributed by atoms with Crippen molar-refractivity contribution in [1.29, 1.82) is 0 Å². The highest BCUT2D eigenvalue weighted by Gasteiger charge is 2.07. The van der Waals surface area contributed by atoms with Crippen molar-refractivity contribution in [2.24, 2.45) is 0 Å². The summed E-state index contributed by atoms with van der Waals surface area (Å²) in [4.78, 5) is 16.6. The summed E-state index contributed by atoms with van der Waals surface area (Å²) in [5.41, 5.74) is 5.18. The molecule has 7 heteroatoms. The van der Waals surface area contributed by atoms with Gasteiger partial charge in [0.15, 0.2) is 5.15 Å². The fourth-order valence-electron chi connectivity index (χ4n) is 1.20. The Bertz CT molecular complexity index is 580. The average Bonchev–Trinajstić information content (AvgIpc) is 2.65. The van der Waals surface area contributed by atoms with Gasteiger partial charge in [-0.3, -0.25) is 9.36 Å². The number of anilines is 1. The largest absolute Gasteiger partial charge is 0.392 e. The molecule has 0 aliphatic rings. The van der Waals surface area contributed by atoms with E-state index in [0.29, 0.717) is 6.54 Å². The van der Waals surface area contributed by atoms with Crippen LogP contribution in [0.1, 0.15) is 4.88 Å². The summed E-state index contributed by atoms with van der Waals surface area (Å²) >= 11 is 10.5. The predicted molar refractivity (Wildman–Crippen MR) is 69.0 cm³/mol. The van der Waals surface area contributed by atoms with E-state index >= 15 is 0 Å². The van der Waals surface area contributed by atoms with Crippen molar-refractivity contribution in [2.45, 2.75) is 6.54 Å². The number of hydrogen-bond acceptors (Lipinski definition) is 4. The topological polar surface area (TPSA) is 60.9 Å². The van der Waals surface area contributed by atoms with Crippen molar-refractivity contribution in [2.75, 3.05) is 5.73 Å². The average molecular weight is 321 g/mol. The predicted octanol–water partition coefficient (Wildman–Crippen LogP) is 2.35. The second-order valence-electron chi connectivity index (χ2n) is 3.11. The standard InChI is InChI=1S/C9H7BrClN3OS/c10-5-1-6(16-3-5)2-14-4-13-8(11)7(12)9(14)15/h1,3-4H,2,12H2. The zero-order valence-corrected chi connectivity index (χ0v) is 11.1. The van der Waals surface area contributed by atoms with E-state index in [1.54, 1.807) is 11.3 Å². The summed E-state index contributed by atoms with van der Waals surface area (Å²) in [7, 11) is 0. The Labute approximate surface area is 109 Å². The van der Waals surface area contributed by atoms with Crippen LogP contribution >= 0.6 is 38.9 Å². The number of nitrogens with two attached hydrogens (primary N) is 1. The van der Waals surface area contributed by atoms with E-state index in [4.69, 9.17) is 17.3 Å². The van der Waals surface area contributed by atoms with Gasteiger partial charge in [-0.15, -0.1) is 11.3 Å². The van der Waals surface area contributed by atoms with Crippen LogP contribution in [0.5, 0.6) is 0 Å². The Morgan fingerprint density at radius 1 is 1.62 bits per heavy atom. The summed E-state index contributed by atoms with van der Waals surface area (Å²) in [5.74, 6) is 0. The summed E-state index contributed by atoms with van der Waals surface area (Å²) in [6.45, 7) is 0.448. The lowest BCUT2D eigenvalue weighted by Crippen LogP contribution is -2.23. The fraction of sp³-hybridized carbons (Fsp3) is 0.111. The second kappa shape index (κ2) is 4.57. The van der Waals surface area contributed by atoms with Crippen LogP contribution in [0.25, 0.3) is 0 Å². The van der Waals surface area contributed by atoms with Gasteiger partial charge in [-0.2, -0.15) is 0 Å². The molecule has 0 fully saturated rings. The van der Waals surface area contributed by atoms with Crippen LogP contribution in [-0.4, -0.2) is 9.55 Å². The quantitative estimate of drug-likeness (QED) is 0.864. The Kier molecular flexibility index (Phi) is 3.32. The van der Waals surface area contributed by atoms with E-state index in [2.05, 4.69) is 20.9 Å². The fourth-order valence-corrected chi connectivity index (χ4v) is 2.78. The monoisotopic (exact) mass is 319 g/mol. The molecule has 2 rings (SSSR count).